The smallest absolute Gasteiger partial charge is 0.373 e. The van der Waals surface area contributed by atoms with E-state index in [1.165, 1.54) is 18.0 Å². The molecule has 0 aliphatic heterocycles. The molecule has 0 saturated heterocycles. The molecule has 0 radical (unpaired) electrons. The van der Waals surface area contributed by atoms with E-state index < -0.39 is 21.6 Å². The Morgan fingerprint density at radius 1 is 1.35 bits per heavy atom. The summed E-state index contributed by atoms with van der Waals surface area (Å²) >= 11 is 0. The SMILES string of the molecule is CN(CCS(C)(=O)=O)c1ccc(C(F)(F)F)cc1C#N. The average molecular weight is 306 g/mol. The molecule has 1 aromatic carbocycles. The van der Waals surface area contributed by atoms with Gasteiger partial charge in [0.25, 0.3) is 0 Å². The summed E-state index contributed by atoms with van der Waals surface area (Å²) < 4.78 is 59.8. The molecule has 0 aliphatic carbocycles. The van der Waals surface area contributed by atoms with E-state index in [2.05, 4.69) is 0 Å². The molecular weight excluding hydrogens is 293 g/mol. The Morgan fingerprint density at radius 3 is 2.40 bits per heavy atom. The second-order valence-electron chi connectivity index (χ2n) is 4.39. The number of alkyl halides is 3. The molecule has 0 heterocycles. The van der Waals surface area contributed by atoms with Gasteiger partial charge in [-0.2, -0.15) is 18.4 Å². The van der Waals surface area contributed by atoms with Crippen LogP contribution in [0.25, 0.3) is 0 Å². The summed E-state index contributed by atoms with van der Waals surface area (Å²) in [6.45, 7) is 0.0961. The summed E-state index contributed by atoms with van der Waals surface area (Å²) in [4.78, 5) is 1.44. The molecule has 0 fully saturated rings. The van der Waals surface area contributed by atoms with Gasteiger partial charge in [-0.05, 0) is 18.2 Å². The highest BCUT2D eigenvalue weighted by Crippen LogP contribution is 2.32. The Balaban J connectivity index is 3.05. The molecule has 0 saturated carbocycles. The summed E-state index contributed by atoms with van der Waals surface area (Å²) in [5.41, 5.74) is -0.783. The number of nitrogens with zero attached hydrogens (tertiary/aromatic N) is 2. The maximum Gasteiger partial charge on any atom is 0.416 e. The zero-order valence-corrected chi connectivity index (χ0v) is 11.7. The average Bonchev–Trinajstić information content (AvgIpc) is 2.33. The summed E-state index contributed by atoms with van der Waals surface area (Å²) in [6.07, 6.45) is -3.45. The molecule has 1 aromatic rings. The van der Waals surface area contributed by atoms with Crippen LogP contribution in [0.1, 0.15) is 11.1 Å². The number of halogens is 3. The summed E-state index contributed by atoms with van der Waals surface area (Å²) in [7, 11) is -1.66. The van der Waals surface area contributed by atoms with Gasteiger partial charge >= 0.3 is 6.18 Å². The van der Waals surface area contributed by atoms with E-state index in [-0.39, 0.29) is 23.5 Å². The zero-order valence-electron chi connectivity index (χ0n) is 10.9. The van der Waals surface area contributed by atoms with E-state index >= 15 is 0 Å². The Morgan fingerprint density at radius 2 is 1.95 bits per heavy atom. The van der Waals surface area contributed by atoms with Crippen molar-refractivity contribution in [3.63, 3.8) is 0 Å². The Hall–Kier alpha value is -1.75. The van der Waals surface area contributed by atoms with E-state index in [0.717, 1.165) is 18.4 Å². The third-order valence-corrected chi connectivity index (χ3v) is 3.58. The van der Waals surface area contributed by atoms with Crippen molar-refractivity contribution < 1.29 is 21.6 Å². The van der Waals surface area contributed by atoms with Crippen LogP contribution in [0.5, 0.6) is 0 Å². The van der Waals surface area contributed by atoms with Gasteiger partial charge in [0.1, 0.15) is 15.9 Å². The van der Waals surface area contributed by atoms with Crippen molar-refractivity contribution in [3.8, 4) is 6.07 Å². The fraction of sp³-hybridized carbons (Fsp3) is 0.417. The molecule has 0 unspecified atom stereocenters. The van der Waals surface area contributed by atoms with Crippen LogP contribution in [0.2, 0.25) is 0 Å². The minimum atomic E-state index is -4.52. The first kappa shape index (κ1) is 16.3. The minimum Gasteiger partial charge on any atom is -0.373 e. The number of nitriles is 1. The van der Waals surface area contributed by atoms with Gasteiger partial charge in [-0.25, -0.2) is 8.42 Å². The molecule has 0 amide bonds. The molecule has 0 spiro atoms. The first-order valence-electron chi connectivity index (χ1n) is 5.55. The topological polar surface area (TPSA) is 61.2 Å². The fourth-order valence-corrected chi connectivity index (χ4v) is 2.16. The lowest BCUT2D eigenvalue weighted by Crippen LogP contribution is -2.25. The van der Waals surface area contributed by atoms with Crippen molar-refractivity contribution in [2.75, 3.05) is 30.5 Å². The number of hydrogen-bond acceptors (Lipinski definition) is 4. The van der Waals surface area contributed by atoms with E-state index in [0.29, 0.717) is 0 Å². The molecule has 20 heavy (non-hydrogen) atoms. The lowest BCUT2D eigenvalue weighted by atomic mass is 10.1. The third kappa shape index (κ3) is 4.42. The van der Waals surface area contributed by atoms with E-state index in [9.17, 15) is 21.6 Å². The van der Waals surface area contributed by atoms with Crippen molar-refractivity contribution in [1.29, 1.82) is 5.26 Å². The normalized spacial score (nSPS) is 12.0. The van der Waals surface area contributed by atoms with Crippen molar-refractivity contribution in [2.45, 2.75) is 6.18 Å². The van der Waals surface area contributed by atoms with E-state index in [4.69, 9.17) is 5.26 Å². The van der Waals surface area contributed by atoms with Crippen molar-refractivity contribution in [2.24, 2.45) is 0 Å². The van der Waals surface area contributed by atoms with Crippen LogP contribution in [0.4, 0.5) is 18.9 Å². The second-order valence-corrected chi connectivity index (χ2v) is 6.65. The third-order valence-electron chi connectivity index (χ3n) is 2.65. The van der Waals surface area contributed by atoms with Gasteiger partial charge in [-0.3, -0.25) is 0 Å². The monoisotopic (exact) mass is 306 g/mol. The van der Waals surface area contributed by atoms with Crippen LogP contribution < -0.4 is 4.90 Å². The van der Waals surface area contributed by atoms with Gasteiger partial charge in [0.15, 0.2) is 0 Å². The van der Waals surface area contributed by atoms with Gasteiger partial charge in [0.2, 0.25) is 0 Å². The van der Waals surface area contributed by atoms with E-state index in [1.54, 1.807) is 6.07 Å². The van der Waals surface area contributed by atoms with Crippen LogP contribution in [0, 0.1) is 11.3 Å². The summed E-state index contributed by atoms with van der Waals surface area (Å²) in [5.74, 6) is -0.143. The van der Waals surface area contributed by atoms with Crippen LogP contribution in [0.3, 0.4) is 0 Å². The first-order valence-corrected chi connectivity index (χ1v) is 7.61. The van der Waals surface area contributed by atoms with Gasteiger partial charge in [0, 0.05) is 19.8 Å². The maximum atomic E-state index is 12.5. The number of hydrogen-bond donors (Lipinski definition) is 0. The highest BCUT2D eigenvalue weighted by atomic mass is 32.2. The highest BCUT2D eigenvalue weighted by molar-refractivity contribution is 7.90. The highest BCUT2D eigenvalue weighted by Gasteiger charge is 2.31. The largest absolute Gasteiger partial charge is 0.416 e. The standard InChI is InChI=1S/C12H13F3N2O2S/c1-17(5-6-20(2,18)19)11-4-3-10(12(13,14)15)7-9(11)8-16/h3-4,7H,5-6H2,1-2H3. The van der Waals surface area contributed by atoms with Crippen LogP contribution in [-0.2, 0) is 16.0 Å². The lowest BCUT2D eigenvalue weighted by molar-refractivity contribution is -0.137. The molecule has 0 atom stereocenters. The van der Waals surface area contributed by atoms with Crippen molar-refractivity contribution in [3.05, 3.63) is 29.3 Å². The number of anilines is 1. The number of sulfone groups is 1. The molecule has 1 rings (SSSR count). The Labute approximate surface area is 115 Å². The van der Waals surface area contributed by atoms with Gasteiger partial charge in [-0.15, -0.1) is 0 Å². The molecule has 8 heteroatoms. The predicted octanol–water partition coefficient (Wildman–Crippen LogP) is 2.06. The summed E-state index contributed by atoms with van der Waals surface area (Å²) in [6, 6.07) is 4.49. The quantitative estimate of drug-likeness (QED) is 0.854. The minimum absolute atomic E-state index is 0.0961. The Kier molecular flexibility index (Phi) is 4.65. The van der Waals surface area contributed by atoms with Crippen molar-refractivity contribution in [1.82, 2.24) is 0 Å². The molecule has 0 aliphatic rings. The molecule has 4 nitrogen and oxygen atoms in total. The van der Waals surface area contributed by atoms with Crippen LogP contribution >= 0.6 is 0 Å². The van der Waals surface area contributed by atoms with E-state index in [1.807, 2.05) is 0 Å². The van der Waals surface area contributed by atoms with Gasteiger partial charge in [-0.1, -0.05) is 0 Å². The maximum absolute atomic E-state index is 12.5. The molecule has 0 bridgehead atoms. The first-order chi connectivity index (χ1) is 9.04. The van der Waals surface area contributed by atoms with Gasteiger partial charge < -0.3 is 4.90 Å². The fourth-order valence-electron chi connectivity index (χ4n) is 1.56. The molecule has 0 N–H and O–H groups in total. The second kappa shape index (κ2) is 5.71. The number of benzene rings is 1. The summed E-state index contributed by atoms with van der Waals surface area (Å²) in [5, 5.41) is 8.92. The van der Waals surface area contributed by atoms with Crippen molar-refractivity contribution >= 4 is 15.5 Å². The van der Waals surface area contributed by atoms with Gasteiger partial charge in [0.05, 0.1) is 22.6 Å². The zero-order chi connectivity index (χ0) is 15.6. The van der Waals surface area contributed by atoms with Crippen LogP contribution in [-0.4, -0.2) is 34.0 Å². The lowest BCUT2D eigenvalue weighted by Gasteiger charge is -2.20. The molecule has 0 aromatic heterocycles. The molecular formula is C12H13F3N2O2S. The van der Waals surface area contributed by atoms with Crippen LogP contribution in [0.15, 0.2) is 18.2 Å². The Bertz CT molecular complexity index is 633. The molecule has 110 valence electrons. The number of rotatable bonds is 4. The predicted molar refractivity (Wildman–Crippen MR) is 69.1 cm³/mol.